The average Bonchev–Trinajstić information content (AvgIpc) is 2.64. The first-order valence-electron chi connectivity index (χ1n) is 8.18. The first-order valence-corrected chi connectivity index (χ1v) is 8.18. The summed E-state index contributed by atoms with van der Waals surface area (Å²) in [6.45, 7) is -0.0418. The van der Waals surface area contributed by atoms with Crippen molar-refractivity contribution in [1.29, 1.82) is 0 Å². The molecule has 0 aliphatic carbocycles. The van der Waals surface area contributed by atoms with Gasteiger partial charge in [0.2, 0.25) is 5.91 Å². The fourth-order valence-corrected chi connectivity index (χ4v) is 2.51. The number of Topliss-reactive ketones (excluding diaryl/α,β-unsaturated/α-hetero) is 1. The standard InChI is InChI=1S/C20H21NO4/c22-18(17-9-5-2-6-10-17)11-12-19(23)21(15-20(24)25)14-13-16-7-3-1-4-8-16/h1-10H,11-15H2,(H,24,25). The molecule has 0 spiro atoms. The summed E-state index contributed by atoms with van der Waals surface area (Å²) in [5, 5.41) is 9.02. The predicted molar refractivity (Wildman–Crippen MR) is 94.4 cm³/mol. The second-order valence-corrected chi connectivity index (χ2v) is 5.73. The highest BCUT2D eigenvalue weighted by molar-refractivity contribution is 5.98. The highest BCUT2D eigenvalue weighted by atomic mass is 16.4. The zero-order chi connectivity index (χ0) is 18.1. The molecule has 2 aromatic rings. The Morgan fingerprint density at radius 2 is 1.44 bits per heavy atom. The molecule has 0 saturated carbocycles. The van der Waals surface area contributed by atoms with Crippen molar-refractivity contribution in [2.24, 2.45) is 0 Å². The van der Waals surface area contributed by atoms with Gasteiger partial charge in [-0.25, -0.2) is 0 Å². The van der Waals surface area contributed by atoms with Crippen LogP contribution in [0.2, 0.25) is 0 Å². The van der Waals surface area contributed by atoms with Crippen LogP contribution in [0.15, 0.2) is 60.7 Å². The van der Waals surface area contributed by atoms with E-state index in [1.165, 1.54) is 4.90 Å². The maximum Gasteiger partial charge on any atom is 0.323 e. The Morgan fingerprint density at radius 3 is 2.04 bits per heavy atom. The van der Waals surface area contributed by atoms with Gasteiger partial charge in [0.15, 0.2) is 5.78 Å². The third-order valence-corrected chi connectivity index (χ3v) is 3.85. The summed E-state index contributed by atoms with van der Waals surface area (Å²) >= 11 is 0. The van der Waals surface area contributed by atoms with Gasteiger partial charge in [0.25, 0.3) is 0 Å². The van der Waals surface area contributed by atoms with E-state index in [-0.39, 0.29) is 31.1 Å². The number of carbonyl (C=O) groups excluding carboxylic acids is 2. The van der Waals surface area contributed by atoms with Crippen molar-refractivity contribution in [3.8, 4) is 0 Å². The number of carbonyl (C=O) groups is 3. The van der Waals surface area contributed by atoms with Crippen molar-refractivity contribution in [2.45, 2.75) is 19.3 Å². The SMILES string of the molecule is O=C(O)CN(CCc1ccccc1)C(=O)CCC(=O)c1ccccc1. The summed E-state index contributed by atoms with van der Waals surface area (Å²) < 4.78 is 0. The number of hydrogen-bond donors (Lipinski definition) is 1. The van der Waals surface area contributed by atoms with Crippen molar-refractivity contribution in [3.05, 3.63) is 71.8 Å². The molecule has 2 aromatic carbocycles. The number of benzene rings is 2. The molecule has 0 heterocycles. The zero-order valence-electron chi connectivity index (χ0n) is 13.9. The molecule has 1 N–H and O–H groups in total. The first kappa shape index (κ1) is 18.4. The predicted octanol–water partition coefficient (Wildman–Crippen LogP) is 2.81. The molecular weight excluding hydrogens is 318 g/mol. The van der Waals surface area contributed by atoms with Crippen molar-refractivity contribution in [1.82, 2.24) is 4.90 Å². The average molecular weight is 339 g/mol. The van der Waals surface area contributed by atoms with Gasteiger partial charge in [0, 0.05) is 24.9 Å². The van der Waals surface area contributed by atoms with Crippen molar-refractivity contribution < 1.29 is 19.5 Å². The van der Waals surface area contributed by atoms with Gasteiger partial charge < -0.3 is 10.0 Å². The van der Waals surface area contributed by atoms with Gasteiger partial charge in [0.1, 0.15) is 6.54 Å². The zero-order valence-corrected chi connectivity index (χ0v) is 13.9. The van der Waals surface area contributed by atoms with Crippen LogP contribution in [-0.2, 0) is 16.0 Å². The molecule has 0 aromatic heterocycles. The Morgan fingerprint density at radius 1 is 0.840 bits per heavy atom. The molecule has 0 bridgehead atoms. The fourth-order valence-electron chi connectivity index (χ4n) is 2.51. The summed E-state index contributed by atoms with van der Waals surface area (Å²) in [7, 11) is 0. The Hall–Kier alpha value is -2.95. The van der Waals surface area contributed by atoms with E-state index >= 15 is 0 Å². The number of nitrogens with zero attached hydrogens (tertiary/aromatic N) is 1. The molecule has 0 unspecified atom stereocenters. The van der Waals surface area contributed by atoms with E-state index in [4.69, 9.17) is 5.11 Å². The van der Waals surface area contributed by atoms with Crippen molar-refractivity contribution >= 4 is 17.7 Å². The van der Waals surface area contributed by atoms with E-state index in [1.54, 1.807) is 24.3 Å². The van der Waals surface area contributed by atoms with Gasteiger partial charge in [-0.2, -0.15) is 0 Å². The van der Waals surface area contributed by atoms with Crippen molar-refractivity contribution in [2.75, 3.05) is 13.1 Å². The molecule has 0 aliphatic rings. The minimum Gasteiger partial charge on any atom is -0.480 e. The first-order chi connectivity index (χ1) is 12.1. The molecule has 130 valence electrons. The quantitative estimate of drug-likeness (QED) is 0.713. The maximum atomic E-state index is 12.3. The fraction of sp³-hybridized carbons (Fsp3) is 0.250. The smallest absolute Gasteiger partial charge is 0.323 e. The lowest BCUT2D eigenvalue weighted by Gasteiger charge is -2.20. The number of ketones is 1. The van der Waals surface area contributed by atoms with Crippen LogP contribution in [0.1, 0.15) is 28.8 Å². The second-order valence-electron chi connectivity index (χ2n) is 5.73. The summed E-state index contributed by atoms with van der Waals surface area (Å²) in [6, 6.07) is 18.3. The van der Waals surface area contributed by atoms with Gasteiger partial charge in [-0.15, -0.1) is 0 Å². The Labute approximate surface area is 146 Å². The molecule has 1 amide bonds. The number of amides is 1. The van der Waals surface area contributed by atoms with E-state index in [1.807, 2.05) is 36.4 Å². The monoisotopic (exact) mass is 339 g/mol. The van der Waals surface area contributed by atoms with Gasteiger partial charge in [-0.1, -0.05) is 60.7 Å². The summed E-state index contributed by atoms with van der Waals surface area (Å²) in [6.07, 6.45) is 0.659. The number of aliphatic carboxylic acids is 1. The van der Waals surface area contributed by atoms with Crippen LogP contribution in [-0.4, -0.2) is 40.8 Å². The number of rotatable bonds is 9. The molecule has 5 heteroatoms. The number of carboxylic acid groups (broad SMARTS) is 1. The highest BCUT2D eigenvalue weighted by Crippen LogP contribution is 2.08. The molecule has 0 fully saturated rings. The van der Waals surface area contributed by atoms with E-state index < -0.39 is 5.97 Å². The number of hydrogen-bond acceptors (Lipinski definition) is 3. The van der Waals surface area contributed by atoms with Gasteiger partial charge >= 0.3 is 5.97 Å². The lowest BCUT2D eigenvalue weighted by atomic mass is 10.1. The van der Waals surface area contributed by atoms with Gasteiger partial charge in [0.05, 0.1) is 0 Å². The molecule has 5 nitrogen and oxygen atoms in total. The third kappa shape index (κ3) is 6.22. The van der Waals surface area contributed by atoms with Crippen LogP contribution in [0.5, 0.6) is 0 Å². The molecular formula is C20H21NO4. The lowest BCUT2D eigenvalue weighted by molar-refractivity contribution is -0.144. The van der Waals surface area contributed by atoms with E-state index in [9.17, 15) is 14.4 Å². The van der Waals surface area contributed by atoms with E-state index in [2.05, 4.69) is 0 Å². The molecule has 0 aliphatic heterocycles. The molecule has 25 heavy (non-hydrogen) atoms. The van der Waals surface area contributed by atoms with Crippen LogP contribution >= 0.6 is 0 Å². The van der Waals surface area contributed by atoms with Crippen LogP contribution in [0.25, 0.3) is 0 Å². The largest absolute Gasteiger partial charge is 0.480 e. The van der Waals surface area contributed by atoms with Crippen molar-refractivity contribution in [3.63, 3.8) is 0 Å². The molecule has 0 atom stereocenters. The van der Waals surface area contributed by atoms with Gasteiger partial charge in [-0.3, -0.25) is 14.4 Å². The summed E-state index contributed by atoms with van der Waals surface area (Å²) in [4.78, 5) is 36.8. The Balaban J connectivity index is 1.91. The minimum absolute atomic E-state index is 0.00972. The highest BCUT2D eigenvalue weighted by Gasteiger charge is 2.18. The summed E-state index contributed by atoms with van der Waals surface area (Å²) in [5.41, 5.74) is 1.59. The molecule has 0 saturated heterocycles. The molecule has 0 radical (unpaired) electrons. The molecule has 2 rings (SSSR count). The van der Waals surface area contributed by atoms with Crippen LogP contribution in [0.3, 0.4) is 0 Å². The third-order valence-electron chi connectivity index (χ3n) is 3.85. The lowest BCUT2D eigenvalue weighted by Crippen LogP contribution is -2.37. The van der Waals surface area contributed by atoms with Crippen LogP contribution in [0, 0.1) is 0 Å². The van der Waals surface area contributed by atoms with Gasteiger partial charge in [-0.05, 0) is 12.0 Å². The van der Waals surface area contributed by atoms with E-state index in [0.717, 1.165) is 5.56 Å². The van der Waals surface area contributed by atoms with Crippen LogP contribution < -0.4 is 0 Å². The Bertz CT molecular complexity index is 713. The second kappa shape index (κ2) is 9.37. The normalized spacial score (nSPS) is 10.2. The minimum atomic E-state index is -1.06. The van der Waals surface area contributed by atoms with Crippen LogP contribution in [0.4, 0.5) is 0 Å². The Kier molecular flexibility index (Phi) is 6.89. The van der Waals surface area contributed by atoms with E-state index in [0.29, 0.717) is 18.5 Å². The number of carboxylic acids is 1. The summed E-state index contributed by atoms with van der Waals surface area (Å²) in [5.74, 6) is -1.49. The maximum absolute atomic E-state index is 12.3. The topological polar surface area (TPSA) is 74.7 Å².